The largest absolute Gasteiger partial charge is 0.388 e. The Bertz CT molecular complexity index is 249. The van der Waals surface area contributed by atoms with Gasteiger partial charge in [0.1, 0.15) is 0 Å². The van der Waals surface area contributed by atoms with E-state index in [1.165, 1.54) is 0 Å². The molecular weight excluding hydrogens is 168 g/mol. The molecule has 1 aromatic heterocycles. The monoisotopic (exact) mass is 180 g/mol. The zero-order valence-corrected chi connectivity index (χ0v) is 7.63. The lowest BCUT2D eigenvalue weighted by Crippen LogP contribution is -1.92. The number of allylic oxidation sites excluding steroid dienone is 2. The summed E-state index contributed by atoms with van der Waals surface area (Å²) in [5.41, 5.74) is 0.994. The number of aliphatic hydroxyl groups excluding tert-OH is 1. The molecular formula is C10H12OS. The summed E-state index contributed by atoms with van der Waals surface area (Å²) in [6.07, 6.45) is 5.75. The lowest BCUT2D eigenvalue weighted by molar-refractivity contribution is 0.182. The molecule has 0 aliphatic rings. The summed E-state index contributed by atoms with van der Waals surface area (Å²) in [5.74, 6) is 0. The van der Waals surface area contributed by atoms with Crippen molar-refractivity contribution < 1.29 is 5.11 Å². The van der Waals surface area contributed by atoms with Crippen LogP contribution in [0.15, 0.2) is 41.6 Å². The van der Waals surface area contributed by atoms with Crippen molar-refractivity contribution in [2.24, 2.45) is 0 Å². The molecule has 1 atom stereocenters. The van der Waals surface area contributed by atoms with Crippen molar-refractivity contribution in [1.82, 2.24) is 0 Å². The molecule has 1 rings (SSSR count). The predicted molar refractivity (Wildman–Crippen MR) is 53.2 cm³/mol. The smallest absolute Gasteiger partial charge is 0.0832 e. The van der Waals surface area contributed by atoms with Crippen LogP contribution in [-0.4, -0.2) is 5.11 Å². The number of hydrogen-bond donors (Lipinski definition) is 1. The molecule has 0 fully saturated rings. The molecule has 1 N–H and O–H groups in total. The van der Waals surface area contributed by atoms with Crippen LogP contribution in [0.4, 0.5) is 0 Å². The molecule has 0 aromatic carbocycles. The van der Waals surface area contributed by atoms with Crippen LogP contribution in [-0.2, 0) is 0 Å². The molecule has 0 saturated heterocycles. The Morgan fingerprint density at radius 3 is 3.08 bits per heavy atom. The highest BCUT2D eigenvalue weighted by Crippen LogP contribution is 2.19. The average Bonchev–Trinajstić information content (AvgIpc) is 2.56. The van der Waals surface area contributed by atoms with Crippen molar-refractivity contribution in [2.75, 3.05) is 0 Å². The normalized spacial score (nSPS) is 13.4. The molecule has 1 nitrogen and oxygen atoms in total. The standard InChI is InChI=1S/C10H12OS/c1-2-3-4-5-10(11)9-6-7-12-8-9/h2-4,6-8,10-11H,1,5H2/b4-3+/t10-/m1/s1. The fraction of sp³-hybridized carbons (Fsp3) is 0.200. The SMILES string of the molecule is C=C/C=C/C[C@@H](O)c1ccsc1. The van der Waals surface area contributed by atoms with Gasteiger partial charge in [0, 0.05) is 0 Å². The molecule has 64 valence electrons. The molecule has 1 aromatic rings. The van der Waals surface area contributed by atoms with Gasteiger partial charge in [-0.15, -0.1) is 0 Å². The van der Waals surface area contributed by atoms with Gasteiger partial charge in [0.25, 0.3) is 0 Å². The van der Waals surface area contributed by atoms with Gasteiger partial charge in [0.15, 0.2) is 0 Å². The van der Waals surface area contributed by atoms with Crippen LogP contribution in [0.5, 0.6) is 0 Å². The second-order valence-electron chi connectivity index (χ2n) is 2.47. The van der Waals surface area contributed by atoms with Gasteiger partial charge in [-0.1, -0.05) is 24.8 Å². The third-order valence-corrected chi connectivity index (χ3v) is 2.26. The zero-order valence-electron chi connectivity index (χ0n) is 6.81. The van der Waals surface area contributed by atoms with Gasteiger partial charge >= 0.3 is 0 Å². The van der Waals surface area contributed by atoms with E-state index in [1.807, 2.05) is 29.0 Å². The van der Waals surface area contributed by atoms with Crippen molar-refractivity contribution in [3.63, 3.8) is 0 Å². The Kier molecular flexibility index (Phi) is 3.77. The zero-order chi connectivity index (χ0) is 8.81. The fourth-order valence-electron chi connectivity index (χ4n) is 0.904. The summed E-state index contributed by atoms with van der Waals surface area (Å²) >= 11 is 1.60. The van der Waals surface area contributed by atoms with E-state index >= 15 is 0 Å². The van der Waals surface area contributed by atoms with Crippen molar-refractivity contribution in [2.45, 2.75) is 12.5 Å². The summed E-state index contributed by atoms with van der Waals surface area (Å²) in [4.78, 5) is 0. The van der Waals surface area contributed by atoms with Gasteiger partial charge < -0.3 is 5.11 Å². The second-order valence-corrected chi connectivity index (χ2v) is 3.25. The minimum atomic E-state index is -0.368. The van der Waals surface area contributed by atoms with E-state index in [1.54, 1.807) is 17.4 Å². The number of rotatable bonds is 4. The lowest BCUT2D eigenvalue weighted by atomic mass is 10.1. The third-order valence-electron chi connectivity index (χ3n) is 1.56. The third kappa shape index (κ3) is 2.64. The first-order valence-corrected chi connectivity index (χ1v) is 4.76. The summed E-state index contributed by atoms with van der Waals surface area (Å²) in [6, 6.07) is 1.94. The van der Waals surface area contributed by atoms with E-state index in [4.69, 9.17) is 0 Å². The van der Waals surface area contributed by atoms with Crippen molar-refractivity contribution in [3.05, 3.63) is 47.2 Å². The Balaban J connectivity index is 2.44. The van der Waals surface area contributed by atoms with E-state index in [-0.39, 0.29) is 6.10 Å². The van der Waals surface area contributed by atoms with Crippen LogP contribution >= 0.6 is 11.3 Å². The molecule has 0 spiro atoms. The first-order chi connectivity index (χ1) is 5.84. The Hall–Kier alpha value is -0.860. The van der Waals surface area contributed by atoms with Crippen LogP contribution in [0.25, 0.3) is 0 Å². The molecule has 0 saturated carbocycles. The number of thiophene rings is 1. The molecule has 0 aliphatic heterocycles. The van der Waals surface area contributed by atoms with Gasteiger partial charge in [0.05, 0.1) is 6.10 Å². The van der Waals surface area contributed by atoms with E-state index in [9.17, 15) is 5.11 Å². The summed E-state index contributed by atoms with van der Waals surface area (Å²) in [7, 11) is 0. The molecule has 1 heterocycles. The Morgan fingerprint density at radius 2 is 2.50 bits per heavy atom. The predicted octanol–water partition coefficient (Wildman–Crippen LogP) is 2.91. The van der Waals surface area contributed by atoms with Crippen LogP contribution in [0, 0.1) is 0 Å². The minimum Gasteiger partial charge on any atom is -0.388 e. The molecule has 12 heavy (non-hydrogen) atoms. The molecule has 0 unspecified atom stereocenters. The van der Waals surface area contributed by atoms with Crippen molar-refractivity contribution in [1.29, 1.82) is 0 Å². The molecule has 0 bridgehead atoms. The van der Waals surface area contributed by atoms with Crippen LogP contribution < -0.4 is 0 Å². The van der Waals surface area contributed by atoms with Crippen LogP contribution in [0.3, 0.4) is 0 Å². The lowest BCUT2D eigenvalue weighted by Gasteiger charge is -2.03. The highest BCUT2D eigenvalue weighted by atomic mass is 32.1. The molecule has 0 amide bonds. The first-order valence-electron chi connectivity index (χ1n) is 3.82. The van der Waals surface area contributed by atoms with Gasteiger partial charge in [-0.2, -0.15) is 11.3 Å². The minimum absolute atomic E-state index is 0.368. The average molecular weight is 180 g/mol. The fourth-order valence-corrected chi connectivity index (χ4v) is 1.61. The Labute approximate surface area is 76.7 Å². The summed E-state index contributed by atoms with van der Waals surface area (Å²) in [6.45, 7) is 3.55. The molecule has 2 heteroatoms. The topological polar surface area (TPSA) is 20.2 Å². The number of aliphatic hydroxyl groups is 1. The van der Waals surface area contributed by atoms with Crippen LogP contribution in [0.2, 0.25) is 0 Å². The van der Waals surface area contributed by atoms with Gasteiger partial charge in [-0.25, -0.2) is 0 Å². The summed E-state index contributed by atoms with van der Waals surface area (Å²) in [5, 5.41) is 13.5. The Morgan fingerprint density at radius 1 is 1.67 bits per heavy atom. The molecule has 0 radical (unpaired) electrons. The maximum atomic E-state index is 9.56. The highest BCUT2D eigenvalue weighted by Gasteiger charge is 2.03. The van der Waals surface area contributed by atoms with Crippen molar-refractivity contribution >= 4 is 11.3 Å². The quantitative estimate of drug-likeness (QED) is 0.706. The van der Waals surface area contributed by atoms with E-state index in [0.717, 1.165) is 5.56 Å². The van der Waals surface area contributed by atoms with Gasteiger partial charge in [-0.3, -0.25) is 0 Å². The second kappa shape index (κ2) is 4.91. The van der Waals surface area contributed by atoms with E-state index in [0.29, 0.717) is 6.42 Å². The van der Waals surface area contributed by atoms with Crippen LogP contribution in [0.1, 0.15) is 18.1 Å². The van der Waals surface area contributed by atoms with E-state index < -0.39 is 0 Å². The van der Waals surface area contributed by atoms with Gasteiger partial charge in [-0.05, 0) is 28.8 Å². The molecule has 0 aliphatic carbocycles. The van der Waals surface area contributed by atoms with Crippen molar-refractivity contribution in [3.8, 4) is 0 Å². The highest BCUT2D eigenvalue weighted by molar-refractivity contribution is 7.07. The summed E-state index contributed by atoms with van der Waals surface area (Å²) < 4.78 is 0. The number of hydrogen-bond acceptors (Lipinski definition) is 2. The maximum Gasteiger partial charge on any atom is 0.0832 e. The van der Waals surface area contributed by atoms with E-state index in [2.05, 4.69) is 6.58 Å². The maximum absolute atomic E-state index is 9.56. The first kappa shape index (κ1) is 9.23. The van der Waals surface area contributed by atoms with Gasteiger partial charge in [0.2, 0.25) is 0 Å².